The van der Waals surface area contributed by atoms with Gasteiger partial charge in [-0.3, -0.25) is 0 Å². The Hall–Kier alpha value is -1.56. The number of anilines is 1. The van der Waals surface area contributed by atoms with Crippen LogP contribution < -0.4 is 4.31 Å². The molecular weight excluding hydrogens is 302 g/mol. The smallest absolute Gasteiger partial charge is 0.428 e. The van der Waals surface area contributed by atoms with Crippen LogP contribution >= 0.6 is 0 Å². The maximum absolute atomic E-state index is 12.5. The van der Waals surface area contributed by atoms with Crippen LogP contribution in [0.3, 0.4) is 0 Å². The van der Waals surface area contributed by atoms with Gasteiger partial charge < -0.3 is 4.74 Å². The van der Waals surface area contributed by atoms with Crippen LogP contribution in [-0.4, -0.2) is 26.4 Å². The Morgan fingerprint density at radius 2 is 1.73 bits per heavy atom. The summed E-state index contributed by atoms with van der Waals surface area (Å²) in [5, 5.41) is -0.711. The fourth-order valence-electron chi connectivity index (χ4n) is 1.90. The predicted molar refractivity (Wildman–Crippen MR) is 88.6 cm³/mol. The standard InChI is InChI=1S/C16H25NO4S/c1-5-7-14-8-10-15(11-9-14)17(16(18)21-12-6-2)22(19,20)13(3)4/h8-11,13H,5-7,12H2,1-4H3. The van der Waals surface area contributed by atoms with Gasteiger partial charge in [0.25, 0.3) is 0 Å². The van der Waals surface area contributed by atoms with Gasteiger partial charge in [-0.25, -0.2) is 13.2 Å². The van der Waals surface area contributed by atoms with Crippen LogP contribution in [0.2, 0.25) is 0 Å². The molecule has 1 amide bonds. The van der Waals surface area contributed by atoms with Crippen molar-refractivity contribution in [3.8, 4) is 0 Å². The average molecular weight is 327 g/mol. The van der Waals surface area contributed by atoms with Crippen molar-refractivity contribution in [1.82, 2.24) is 0 Å². The van der Waals surface area contributed by atoms with E-state index in [0.29, 0.717) is 12.1 Å². The van der Waals surface area contributed by atoms with Gasteiger partial charge in [0.2, 0.25) is 10.0 Å². The summed E-state index contributed by atoms with van der Waals surface area (Å²) in [4.78, 5) is 12.2. The van der Waals surface area contributed by atoms with E-state index in [0.717, 1.165) is 22.7 Å². The number of ether oxygens (including phenoxy) is 1. The van der Waals surface area contributed by atoms with Crippen LogP contribution in [0.15, 0.2) is 24.3 Å². The number of carbonyl (C=O) groups excluding carboxylic acids is 1. The number of nitrogens with zero attached hydrogens (tertiary/aromatic N) is 1. The summed E-state index contributed by atoms with van der Waals surface area (Å²) in [6.45, 7) is 7.21. The summed E-state index contributed by atoms with van der Waals surface area (Å²) in [7, 11) is -3.79. The molecule has 0 aliphatic heterocycles. The van der Waals surface area contributed by atoms with E-state index in [4.69, 9.17) is 4.74 Å². The first-order valence-electron chi connectivity index (χ1n) is 7.64. The minimum atomic E-state index is -3.79. The van der Waals surface area contributed by atoms with Gasteiger partial charge in [0, 0.05) is 0 Å². The fraction of sp³-hybridized carbons (Fsp3) is 0.562. The Labute approximate surface area is 133 Å². The second-order valence-electron chi connectivity index (χ2n) is 5.39. The van der Waals surface area contributed by atoms with Crippen LogP contribution in [0.5, 0.6) is 0 Å². The van der Waals surface area contributed by atoms with E-state index < -0.39 is 21.4 Å². The highest BCUT2D eigenvalue weighted by atomic mass is 32.2. The van der Waals surface area contributed by atoms with E-state index in [1.807, 2.05) is 19.1 Å². The van der Waals surface area contributed by atoms with E-state index in [2.05, 4.69) is 6.92 Å². The molecule has 0 saturated carbocycles. The van der Waals surface area contributed by atoms with Crippen LogP contribution in [0.4, 0.5) is 10.5 Å². The zero-order valence-electron chi connectivity index (χ0n) is 13.7. The molecule has 6 heteroatoms. The SMILES string of the molecule is CCCOC(=O)N(c1ccc(CCC)cc1)S(=O)(=O)C(C)C. The Morgan fingerprint density at radius 3 is 2.18 bits per heavy atom. The Kier molecular flexibility index (Phi) is 6.87. The third-order valence-corrected chi connectivity index (χ3v) is 5.22. The fourth-order valence-corrected chi connectivity index (χ4v) is 3.00. The van der Waals surface area contributed by atoms with E-state index in [1.165, 1.54) is 0 Å². The average Bonchev–Trinajstić information content (AvgIpc) is 2.47. The van der Waals surface area contributed by atoms with Crippen LogP contribution in [0, 0.1) is 0 Å². The number of hydrogen-bond acceptors (Lipinski definition) is 4. The van der Waals surface area contributed by atoms with Crippen LogP contribution in [0.1, 0.15) is 46.1 Å². The second kappa shape index (κ2) is 8.17. The number of benzene rings is 1. The molecule has 5 nitrogen and oxygen atoms in total. The lowest BCUT2D eigenvalue weighted by atomic mass is 10.1. The van der Waals surface area contributed by atoms with E-state index in [1.54, 1.807) is 26.0 Å². The first kappa shape index (κ1) is 18.5. The molecule has 0 saturated heterocycles. The molecule has 0 aliphatic carbocycles. The van der Waals surface area contributed by atoms with Crippen molar-refractivity contribution in [2.75, 3.05) is 10.9 Å². The van der Waals surface area contributed by atoms with Gasteiger partial charge in [0.05, 0.1) is 17.5 Å². The quantitative estimate of drug-likeness (QED) is 0.765. The highest BCUT2D eigenvalue weighted by molar-refractivity contribution is 7.94. The lowest BCUT2D eigenvalue weighted by Gasteiger charge is -2.24. The Morgan fingerprint density at radius 1 is 1.14 bits per heavy atom. The summed E-state index contributed by atoms with van der Waals surface area (Å²) in [5.74, 6) is 0. The van der Waals surface area contributed by atoms with Crippen molar-refractivity contribution in [2.45, 2.75) is 52.2 Å². The molecule has 0 N–H and O–H groups in total. The van der Waals surface area contributed by atoms with Crippen molar-refractivity contribution >= 4 is 21.8 Å². The molecular formula is C16H25NO4S. The molecule has 0 radical (unpaired) electrons. The second-order valence-corrected chi connectivity index (χ2v) is 7.73. The first-order chi connectivity index (χ1) is 10.3. The molecule has 0 fully saturated rings. The Bertz CT molecular complexity index is 579. The minimum absolute atomic E-state index is 0.191. The largest absolute Gasteiger partial charge is 0.448 e. The maximum atomic E-state index is 12.5. The number of rotatable bonds is 7. The molecule has 0 atom stereocenters. The number of sulfonamides is 1. The van der Waals surface area contributed by atoms with Crippen molar-refractivity contribution in [2.24, 2.45) is 0 Å². The minimum Gasteiger partial charge on any atom is -0.448 e. The Balaban J connectivity index is 3.17. The number of hydrogen-bond donors (Lipinski definition) is 0. The van der Waals surface area contributed by atoms with E-state index in [-0.39, 0.29) is 6.61 Å². The zero-order chi connectivity index (χ0) is 16.8. The molecule has 0 aromatic heterocycles. The molecule has 0 spiro atoms. The third kappa shape index (κ3) is 4.47. The van der Waals surface area contributed by atoms with Crippen LogP contribution in [-0.2, 0) is 21.2 Å². The molecule has 1 aromatic carbocycles. The summed E-state index contributed by atoms with van der Waals surface area (Å²) in [6, 6.07) is 6.99. The van der Waals surface area contributed by atoms with Crippen molar-refractivity contribution in [1.29, 1.82) is 0 Å². The van der Waals surface area contributed by atoms with Gasteiger partial charge in [-0.1, -0.05) is 32.4 Å². The molecule has 1 rings (SSSR count). The predicted octanol–water partition coefficient (Wildman–Crippen LogP) is 3.73. The molecule has 1 aromatic rings. The highest BCUT2D eigenvalue weighted by Crippen LogP contribution is 2.23. The van der Waals surface area contributed by atoms with Gasteiger partial charge >= 0.3 is 6.09 Å². The van der Waals surface area contributed by atoms with E-state index in [9.17, 15) is 13.2 Å². The normalized spacial score (nSPS) is 11.5. The maximum Gasteiger partial charge on any atom is 0.428 e. The van der Waals surface area contributed by atoms with Crippen LogP contribution in [0.25, 0.3) is 0 Å². The van der Waals surface area contributed by atoms with Crippen molar-refractivity contribution < 1.29 is 17.9 Å². The van der Waals surface area contributed by atoms with Gasteiger partial charge in [-0.2, -0.15) is 4.31 Å². The molecule has 0 aliphatic rings. The van der Waals surface area contributed by atoms with Crippen molar-refractivity contribution in [3.05, 3.63) is 29.8 Å². The lowest BCUT2D eigenvalue weighted by Crippen LogP contribution is -2.41. The summed E-state index contributed by atoms with van der Waals surface area (Å²) in [6.07, 6.45) is 1.71. The van der Waals surface area contributed by atoms with Gasteiger partial charge in [0.15, 0.2) is 0 Å². The molecule has 0 bridgehead atoms. The number of amides is 1. The molecule has 0 heterocycles. The highest BCUT2D eigenvalue weighted by Gasteiger charge is 2.33. The topological polar surface area (TPSA) is 63.7 Å². The molecule has 22 heavy (non-hydrogen) atoms. The van der Waals surface area contributed by atoms with Gasteiger partial charge in [-0.05, 0) is 44.4 Å². The van der Waals surface area contributed by atoms with Crippen molar-refractivity contribution in [3.63, 3.8) is 0 Å². The summed E-state index contributed by atoms with van der Waals surface area (Å²) < 4.78 is 30.7. The summed E-state index contributed by atoms with van der Waals surface area (Å²) in [5.41, 5.74) is 1.42. The van der Waals surface area contributed by atoms with Gasteiger partial charge in [0.1, 0.15) is 0 Å². The zero-order valence-corrected chi connectivity index (χ0v) is 14.5. The molecule has 124 valence electrons. The molecule has 0 unspecified atom stereocenters. The van der Waals surface area contributed by atoms with Gasteiger partial charge in [-0.15, -0.1) is 0 Å². The number of carbonyl (C=O) groups is 1. The summed E-state index contributed by atoms with van der Waals surface area (Å²) >= 11 is 0. The van der Waals surface area contributed by atoms with E-state index >= 15 is 0 Å². The monoisotopic (exact) mass is 327 g/mol. The lowest BCUT2D eigenvalue weighted by molar-refractivity contribution is 0.158. The first-order valence-corrected chi connectivity index (χ1v) is 9.14. The third-order valence-electron chi connectivity index (χ3n) is 3.16. The number of aryl methyl sites for hydroxylation is 1.